The molecule has 36 heavy (non-hydrogen) atoms. The number of hydrogen-bond acceptors (Lipinski definition) is 6. The van der Waals surface area contributed by atoms with Crippen molar-refractivity contribution in [2.45, 2.75) is 23.1 Å². The number of hydrazone groups is 1. The maximum atomic E-state index is 13.4. The average molecular weight is 525 g/mol. The van der Waals surface area contributed by atoms with Gasteiger partial charge in [0, 0.05) is 24.1 Å². The summed E-state index contributed by atoms with van der Waals surface area (Å²) in [5, 5.41) is 6.58. The quantitative estimate of drug-likeness (QED) is 0.226. The van der Waals surface area contributed by atoms with E-state index in [1.807, 2.05) is 60.9 Å². The summed E-state index contributed by atoms with van der Waals surface area (Å²) in [5.74, 6) is -0.814. The maximum Gasteiger partial charge on any atom is 0.255 e. The lowest BCUT2D eigenvalue weighted by molar-refractivity contribution is -0.121. The van der Waals surface area contributed by atoms with Crippen molar-refractivity contribution in [1.82, 2.24) is 9.73 Å². The summed E-state index contributed by atoms with van der Waals surface area (Å²) >= 11 is 1.62. The number of carbonyl (C=O) groups is 2. The third kappa shape index (κ3) is 8.04. The van der Waals surface area contributed by atoms with Gasteiger partial charge in [0.05, 0.1) is 17.7 Å². The molecule has 0 saturated heterocycles. The smallest absolute Gasteiger partial charge is 0.255 e. The highest BCUT2D eigenvalue weighted by molar-refractivity contribution is 7.98. The van der Waals surface area contributed by atoms with Gasteiger partial charge in [0.1, 0.15) is 0 Å². The van der Waals surface area contributed by atoms with Crippen LogP contribution in [0.1, 0.15) is 18.1 Å². The molecule has 0 aliphatic rings. The van der Waals surface area contributed by atoms with Gasteiger partial charge in [0.25, 0.3) is 5.91 Å². The number of amides is 2. The molecule has 0 unspecified atom stereocenters. The molecule has 0 fully saturated rings. The minimum atomic E-state index is -3.99. The molecule has 10 heteroatoms. The molecule has 0 radical (unpaired) electrons. The second-order valence-electron chi connectivity index (χ2n) is 7.85. The Balaban J connectivity index is 1.73. The third-order valence-electron chi connectivity index (χ3n) is 5.14. The zero-order valence-corrected chi connectivity index (χ0v) is 21.7. The molecule has 0 spiro atoms. The van der Waals surface area contributed by atoms with Crippen LogP contribution in [-0.2, 0) is 26.0 Å². The number of nitrogens with one attached hydrogen (secondary N) is 2. The summed E-state index contributed by atoms with van der Waals surface area (Å²) in [7, 11) is -3.99. The minimum Gasteiger partial charge on any atom is -0.326 e. The van der Waals surface area contributed by atoms with Crippen LogP contribution in [0.3, 0.4) is 0 Å². The van der Waals surface area contributed by atoms with Gasteiger partial charge < -0.3 is 5.32 Å². The monoisotopic (exact) mass is 524 g/mol. The Morgan fingerprint density at radius 2 is 1.64 bits per heavy atom. The molecule has 0 heterocycles. The van der Waals surface area contributed by atoms with E-state index in [4.69, 9.17) is 0 Å². The molecular formula is C26H28N4O4S2. The second-order valence-corrected chi connectivity index (χ2v) is 10.7. The molecular weight excluding hydrogens is 496 g/mol. The van der Waals surface area contributed by atoms with Crippen LogP contribution in [0, 0.1) is 0 Å². The normalized spacial score (nSPS) is 11.5. The number of hydrogen-bond donors (Lipinski definition) is 2. The lowest BCUT2D eigenvalue weighted by Crippen LogP contribution is -2.40. The van der Waals surface area contributed by atoms with Gasteiger partial charge in [-0.15, -0.1) is 11.8 Å². The van der Waals surface area contributed by atoms with Gasteiger partial charge in [-0.2, -0.15) is 9.41 Å². The molecule has 3 aromatic carbocycles. The molecule has 2 N–H and O–H groups in total. The van der Waals surface area contributed by atoms with Crippen molar-refractivity contribution in [1.29, 1.82) is 0 Å². The fraction of sp³-hybridized carbons (Fsp3) is 0.192. The van der Waals surface area contributed by atoms with Crippen molar-refractivity contribution in [3.8, 4) is 0 Å². The summed E-state index contributed by atoms with van der Waals surface area (Å²) in [6, 6.07) is 22.9. The zero-order valence-electron chi connectivity index (χ0n) is 20.0. The first kappa shape index (κ1) is 27.1. The van der Waals surface area contributed by atoms with Crippen LogP contribution in [-0.4, -0.2) is 50.1 Å². The summed E-state index contributed by atoms with van der Waals surface area (Å²) in [6.45, 7) is 1.08. The highest BCUT2D eigenvalue weighted by Crippen LogP contribution is 2.19. The number of rotatable bonds is 11. The molecule has 0 aromatic heterocycles. The molecule has 3 aromatic rings. The van der Waals surface area contributed by atoms with Gasteiger partial charge in [-0.25, -0.2) is 13.8 Å². The Labute approximate surface area is 215 Å². The van der Waals surface area contributed by atoms with Gasteiger partial charge in [0.15, 0.2) is 0 Å². The highest BCUT2D eigenvalue weighted by atomic mass is 32.2. The number of sulfonamides is 1. The lowest BCUT2D eigenvalue weighted by Gasteiger charge is -2.21. The van der Waals surface area contributed by atoms with E-state index in [1.54, 1.807) is 11.8 Å². The highest BCUT2D eigenvalue weighted by Gasteiger charge is 2.26. The molecule has 2 amide bonds. The first-order valence-electron chi connectivity index (χ1n) is 11.2. The van der Waals surface area contributed by atoms with Crippen LogP contribution in [0.5, 0.6) is 0 Å². The van der Waals surface area contributed by atoms with Crippen molar-refractivity contribution < 1.29 is 18.0 Å². The molecule has 188 valence electrons. The van der Waals surface area contributed by atoms with Crippen LogP contribution in [0.4, 0.5) is 5.69 Å². The van der Waals surface area contributed by atoms with Crippen LogP contribution in [0.25, 0.3) is 0 Å². The van der Waals surface area contributed by atoms with Crippen molar-refractivity contribution in [2.24, 2.45) is 5.10 Å². The SMILES string of the molecule is CSc1ccc(/C=N\NC(=O)CN(CCc2ccccc2)S(=O)(=O)c2ccc(NC(C)=O)cc2)cc1. The molecule has 0 bridgehead atoms. The van der Waals surface area contributed by atoms with E-state index in [-0.39, 0.29) is 17.3 Å². The lowest BCUT2D eigenvalue weighted by atomic mass is 10.1. The van der Waals surface area contributed by atoms with E-state index in [1.165, 1.54) is 37.4 Å². The number of benzene rings is 3. The first-order chi connectivity index (χ1) is 17.3. The minimum absolute atomic E-state index is 0.0230. The van der Waals surface area contributed by atoms with E-state index >= 15 is 0 Å². The van der Waals surface area contributed by atoms with E-state index in [9.17, 15) is 18.0 Å². The number of nitrogens with zero attached hydrogens (tertiary/aromatic N) is 2. The van der Waals surface area contributed by atoms with Crippen molar-refractivity contribution >= 4 is 45.5 Å². The maximum absolute atomic E-state index is 13.4. The van der Waals surface area contributed by atoms with Gasteiger partial charge in [0.2, 0.25) is 15.9 Å². The predicted molar refractivity (Wildman–Crippen MR) is 144 cm³/mol. The van der Waals surface area contributed by atoms with Crippen LogP contribution < -0.4 is 10.7 Å². The van der Waals surface area contributed by atoms with E-state index < -0.39 is 22.5 Å². The summed E-state index contributed by atoms with van der Waals surface area (Å²) in [6.07, 6.45) is 3.92. The van der Waals surface area contributed by atoms with E-state index in [2.05, 4.69) is 15.8 Å². The van der Waals surface area contributed by atoms with Crippen molar-refractivity contribution in [3.63, 3.8) is 0 Å². The molecule has 3 rings (SSSR count). The molecule has 0 saturated carbocycles. The summed E-state index contributed by atoms with van der Waals surface area (Å²) in [5.41, 5.74) is 4.65. The molecule has 8 nitrogen and oxygen atoms in total. The van der Waals surface area contributed by atoms with E-state index in [0.29, 0.717) is 12.1 Å². The Bertz CT molecular complexity index is 1290. The van der Waals surface area contributed by atoms with Gasteiger partial charge >= 0.3 is 0 Å². The van der Waals surface area contributed by atoms with Gasteiger partial charge in [-0.05, 0) is 60.2 Å². The van der Waals surface area contributed by atoms with Crippen molar-refractivity contribution in [3.05, 3.63) is 90.0 Å². The standard InChI is InChI=1S/C26H28N4O4S2/c1-20(31)28-23-10-14-25(15-11-23)36(33,34)30(17-16-21-6-4-3-5-7-21)19-26(32)29-27-18-22-8-12-24(35-2)13-9-22/h3-15,18H,16-17,19H2,1-2H3,(H,28,31)(H,29,32)/b27-18-. The predicted octanol–water partition coefficient (Wildman–Crippen LogP) is 3.75. The van der Waals surface area contributed by atoms with Gasteiger partial charge in [-0.3, -0.25) is 9.59 Å². The second kappa shape index (κ2) is 13.0. The third-order valence-corrected chi connectivity index (χ3v) is 7.75. The molecule has 0 aliphatic carbocycles. The fourth-order valence-corrected chi connectivity index (χ4v) is 5.11. The largest absolute Gasteiger partial charge is 0.326 e. The van der Waals surface area contributed by atoms with Gasteiger partial charge in [-0.1, -0.05) is 42.5 Å². The fourth-order valence-electron chi connectivity index (χ4n) is 3.31. The van der Waals surface area contributed by atoms with Crippen LogP contribution in [0.2, 0.25) is 0 Å². The number of carbonyl (C=O) groups excluding carboxylic acids is 2. The summed E-state index contributed by atoms with van der Waals surface area (Å²) in [4.78, 5) is 25.0. The van der Waals surface area contributed by atoms with E-state index in [0.717, 1.165) is 20.3 Å². The first-order valence-corrected chi connectivity index (χ1v) is 13.8. The number of thioether (sulfide) groups is 1. The Morgan fingerprint density at radius 1 is 0.972 bits per heavy atom. The topological polar surface area (TPSA) is 108 Å². The Kier molecular flexibility index (Phi) is 9.80. The summed E-state index contributed by atoms with van der Waals surface area (Å²) < 4.78 is 27.9. The number of anilines is 1. The Hall–Kier alpha value is -3.47. The molecule has 0 atom stereocenters. The Morgan fingerprint density at radius 3 is 2.25 bits per heavy atom. The zero-order chi connectivity index (χ0) is 26.0. The van der Waals surface area contributed by atoms with Crippen LogP contribution in [0.15, 0.2) is 93.8 Å². The molecule has 0 aliphatic heterocycles. The van der Waals surface area contributed by atoms with Crippen LogP contribution >= 0.6 is 11.8 Å². The average Bonchev–Trinajstić information content (AvgIpc) is 2.87. The van der Waals surface area contributed by atoms with Crippen molar-refractivity contribution in [2.75, 3.05) is 24.7 Å².